The molecule has 0 aliphatic rings. The largest absolute Gasteiger partial charge is 0.496 e. The molecule has 0 saturated carbocycles. The average Bonchev–Trinajstić information content (AvgIpc) is 2.47. The zero-order valence-corrected chi connectivity index (χ0v) is 11.5. The van der Waals surface area contributed by atoms with Crippen molar-refractivity contribution in [3.63, 3.8) is 0 Å². The van der Waals surface area contributed by atoms with Crippen LogP contribution in [-0.4, -0.2) is 13.0 Å². The minimum Gasteiger partial charge on any atom is -0.496 e. The normalized spacial score (nSPS) is 10.2. The second kappa shape index (κ2) is 6.83. The number of hydrogen-bond donors (Lipinski definition) is 1. The molecule has 0 bridgehead atoms. The number of carbonyl (C=O) groups excluding carboxylic acids is 1. The van der Waals surface area contributed by atoms with Gasteiger partial charge in [-0.1, -0.05) is 12.1 Å². The molecule has 0 aliphatic carbocycles. The van der Waals surface area contributed by atoms with E-state index in [-0.39, 0.29) is 24.7 Å². The number of ether oxygens (including phenoxy) is 1. The summed E-state index contributed by atoms with van der Waals surface area (Å²) in [7, 11) is 1.47. The maximum atomic E-state index is 13.2. The fraction of sp³-hybridized carbons (Fsp3) is 0.188. The molecule has 110 valence electrons. The van der Waals surface area contributed by atoms with Crippen molar-refractivity contribution < 1.29 is 18.3 Å². The lowest BCUT2D eigenvalue weighted by molar-refractivity contribution is -0.120. The van der Waals surface area contributed by atoms with Crippen molar-refractivity contribution in [2.24, 2.45) is 0 Å². The van der Waals surface area contributed by atoms with Crippen LogP contribution < -0.4 is 10.1 Å². The van der Waals surface area contributed by atoms with Crippen molar-refractivity contribution in [3.8, 4) is 5.75 Å². The highest BCUT2D eigenvalue weighted by Gasteiger charge is 2.10. The fourth-order valence-electron chi connectivity index (χ4n) is 1.92. The Hall–Kier alpha value is -2.43. The van der Waals surface area contributed by atoms with E-state index in [9.17, 15) is 13.6 Å². The number of halogens is 2. The Labute approximate surface area is 121 Å². The molecule has 0 atom stereocenters. The highest BCUT2D eigenvalue weighted by molar-refractivity contribution is 5.79. The van der Waals surface area contributed by atoms with Crippen LogP contribution in [0.15, 0.2) is 42.5 Å². The number of methoxy groups -OCH3 is 1. The maximum absolute atomic E-state index is 13.2. The summed E-state index contributed by atoms with van der Waals surface area (Å²) in [6.45, 7) is 0.288. The van der Waals surface area contributed by atoms with E-state index in [0.29, 0.717) is 11.3 Å². The van der Waals surface area contributed by atoms with E-state index in [4.69, 9.17) is 4.74 Å². The molecule has 21 heavy (non-hydrogen) atoms. The number of rotatable bonds is 5. The molecule has 2 aromatic rings. The molecule has 0 heterocycles. The van der Waals surface area contributed by atoms with Gasteiger partial charge in [-0.15, -0.1) is 0 Å². The summed E-state index contributed by atoms with van der Waals surface area (Å²) in [5.41, 5.74) is 1.27. The van der Waals surface area contributed by atoms with Gasteiger partial charge in [-0.3, -0.25) is 4.79 Å². The zero-order valence-electron chi connectivity index (χ0n) is 11.5. The van der Waals surface area contributed by atoms with Crippen LogP contribution in [0.2, 0.25) is 0 Å². The van der Waals surface area contributed by atoms with Gasteiger partial charge in [0, 0.05) is 12.1 Å². The van der Waals surface area contributed by atoms with Gasteiger partial charge in [0.2, 0.25) is 5.91 Å². The molecule has 3 nitrogen and oxygen atoms in total. The number of nitrogens with one attached hydrogen (secondary N) is 1. The lowest BCUT2D eigenvalue weighted by atomic mass is 10.1. The summed E-state index contributed by atoms with van der Waals surface area (Å²) in [5, 5.41) is 2.70. The standard InChI is InChI=1S/C16H15F2NO2/c1-21-15-7-6-14(18)8-12(15)9-16(20)19-10-11-2-4-13(17)5-3-11/h2-8H,9-10H2,1H3,(H,19,20). The molecule has 0 unspecified atom stereocenters. The predicted molar refractivity (Wildman–Crippen MR) is 74.9 cm³/mol. The van der Waals surface area contributed by atoms with E-state index in [1.165, 1.54) is 37.4 Å². The highest BCUT2D eigenvalue weighted by atomic mass is 19.1. The molecule has 0 radical (unpaired) electrons. The quantitative estimate of drug-likeness (QED) is 0.920. The van der Waals surface area contributed by atoms with Gasteiger partial charge in [-0.25, -0.2) is 8.78 Å². The number of benzene rings is 2. The lowest BCUT2D eigenvalue weighted by Crippen LogP contribution is -2.24. The van der Waals surface area contributed by atoms with Crippen molar-refractivity contribution in [3.05, 3.63) is 65.2 Å². The average molecular weight is 291 g/mol. The smallest absolute Gasteiger partial charge is 0.224 e. The van der Waals surface area contributed by atoms with Crippen LogP contribution in [-0.2, 0) is 17.8 Å². The van der Waals surface area contributed by atoms with Crippen molar-refractivity contribution >= 4 is 5.91 Å². The predicted octanol–water partition coefficient (Wildman–Crippen LogP) is 2.83. The van der Waals surface area contributed by atoms with E-state index >= 15 is 0 Å². The van der Waals surface area contributed by atoms with Gasteiger partial charge in [-0.05, 0) is 35.9 Å². The molecule has 5 heteroatoms. The molecule has 0 fully saturated rings. The molecule has 2 rings (SSSR count). The fourth-order valence-corrected chi connectivity index (χ4v) is 1.92. The van der Waals surface area contributed by atoms with Gasteiger partial charge in [0.15, 0.2) is 0 Å². The first-order valence-electron chi connectivity index (χ1n) is 6.42. The van der Waals surface area contributed by atoms with E-state index in [1.807, 2.05) is 0 Å². The molecule has 0 saturated heterocycles. The molecule has 0 aliphatic heterocycles. The van der Waals surface area contributed by atoms with Crippen molar-refractivity contribution in [1.82, 2.24) is 5.32 Å². The molecule has 0 spiro atoms. The van der Waals surface area contributed by atoms with Crippen LogP contribution in [0.5, 0.6) is 5.75 Å². The molecular weight excluding hydrogens is 276 g/mol. The maximum Gasteiger partial charge on any atom is 0.224 e. The van der Waals surface area contributed by atoms with Crippen LogP contribution in [0.3, 0.4) is 0 Å². The molecular formula is C16H15F2NO2. The van der Waals surface area contributed by atoms with Crippen molar-refractivity contribution in [2.45, 2.75) is 13.0 Å². The third-order valence-electron chi connectivity index (χ3n) is 3.00. The molecule has 0 aromatic heterocycles. The first-order valence-corrected chi connectivity index (χ1v) is 6.42. The lowest BCUT2D eigenvalue weighted by Gasteiger charge is -2.09. The van der Waals surface area contributed by atoms with E-state index < -0.39 is 5.82 Å². The third-order valence-corrected chi connectivity index (χ3v) is 3.00. The van der Waals surface area contributed by atoms with Crippen LogP contribution in [0, 0.1) is 11.6 Å². The Morgan fingerprint density at radius 1 is 1.10 bits per heavy atom. The van der Waals surface area contributed by atoms with Crippen LogP contribution in [0.4, 0.5) is 8.78 Å². The SMILES string of the molecule is COc1ccc(F)cc1CC(=O)NCc1ccc(F)cc1. The molecule has 1 N–H and O–H groups in total. The van der Waals surface area contributed by atoms with Crippen LogP contribution >= 0.6 is 0 Å². The first-order chi connectivity index (χ1) is 10.1. The number of carbonyl (C=O) groups is 1. The van der Waals surface area contributed by atoms with E-state index in [2.05, 4.69) is 5.32 Å². The Balaban J connectivity index is 1.95. The number of amides is 1. The van der Waals surface area contributed by atoms with Gasteiger partial charge < -0.3 is 10.1 Å². The van der Waals surface area contributed by atoms with E-state index in [0.717, 1.165) is 5.56 Å². The van der Waals surface area contributed by atoms with Crippen molar-refractivity contribution in [1.29, 1.82) is 0 Å². The topological polar surface area (TPSA) is 38.3 Å². The minimum atomic E-state index is -0.419. The highest BCUT2D eigenvalue weighted by Crippen LogP contribution is 2.19. The monoisotopic (exact) mass is 291 g/mol. The van der Waals surface area contributed by atoms with E-state index in [1.54, 1.807) is 12.1 Å². The second-order valence-corrected chi connectivity index (χ2v) is 4.54. The van der Waals surface area contributed by atoms with Gasteiger partial charge >= 0.3 is 0 Å². The first kappa shape index (κ1) is 15.0. The summed E-state index contributed by atoms with van der Waals surface area (Å²) < 4.78 is 31.0. The summed E-state index contributed by atoms with van der Waals surface area (Å²) in [5.74, 6) is -0.539. The Morgan fingerprint density at radius 3 is 2.43 bits per heavy atom. The summed E-state index contributed by atoms with van der Waals surface area (Å²) in [4.78, 5) is 11.9. The minimum absolute atomic E-state index is 0.0160. The molecule has 1 amide bonds. The van der Waals surface area contributed by atoms with Crippen molar-refractivity contribution in [2.75, 3.05) is 7.11 Å². The number of hydrogen-bond acceptors (Lipinski definition) is 2. The Kier molecular flexibility index (Phi) is 4.87. The Morgan fingerprint density at radius 2 is 1.76 bits per heavy atom. The van der Waals surface area contributed by atoms with Gasteiger partial charge in [0.1, 0.15) is 17.4 Å². The third kappa shape index (κ3) is 4.27. The zero-order chi connectivity index (χ0) is 15.2. The summed E-state index contributed by atoms with van der Waals surface area (Å²) in [6.07, 6.45) is 0.0160. The van der Waals surface area contributed by atoms with Crippen LogP contribution in [0.1, 0.15) is 11.1 Å². The van der Waals surface area contributed by atoms with Gasteiger partial charge in [0.25, 0.3) is 0 Å². The Bertz CT molecular complexity index is 627. The second-order valence-electron chi connectivity index (χ2n) is 4.54. The van der Waals surface area contributed by atoms with Crippen LogP contribution in [0.25, 0.3) is 0 Å². The molecule has 2 aromatic carbocycles. The summed E-state index contributed by atoms with van der Waals surface area (Å²) >= 11 is 0. The summed E-state index contributed by atoms with van der Waals surface area (Å²) in [6, 6.07) is 9.89. The van der Waals surface area contributed by atoms with Gasteiger partial charge in [0.05, 0.1) is 13.5 Å². The van der Waals surface area contributed by atoms with Gasteiger partial charge in [-0.2, -0.15) is 0 Å².